The van der Waals surface area contributed by atoms with Crippen molar-refractivity contribution in [1.29, 1.82) is 0 Å². The molecule has 4 nitrogen and oxygen atoms in total. The molecule has 0 amide bonds. The number of ether oxygens (including phenoxy) is 2. The van der Waals surface area contributed by atoms with Crippen LogP contribution in [0.3, 0.4) is 0 Å². The van der Waals surface area contributed by atoms with Gasteiger partial charge in [-0.2, -0.15) is 0 Å². The van der Waals surface area contributed by atoms with Crippen molar-refractivity contribution >= 4 is 34.3 Å². The summed E-state index contributed by atoms with van der Waals surface area (Å²) in [5.74, 6) is 0.0583. The van der Waals surface area contributed by atoms with E-state index in [0.717, 1.165) is 29.3 Å². The Hall–Kier alpha value is -0.430. The average Bonchev–Trinajstić information content (AvgIpc) is 2.81. The predicted octanol–water partition coefficient (Wildman–Crippen LogP) is 4.98. The zero-order valence-electron chi connectivity index (χ0n) is 15.0. The first-order chi connectivity index (χ1) is 11.6. The van der Waals surface area contributed by atoms with Gasteiger partial charge in [-0.15, -0.1) is 0 Å². The third-order valence-electron chi connectivity index (χ3n) is 4.28. The molecule has 0 fully saturated rings. The minimum Gasteiger partial charge on any atom is -0.466 e. The van der Waals surface area contributed by atoms with Crippen LogP contribution in [0.2, 0.25) is 0 Å². The number of hydrogen-bond donors (Lipinski definition) is 0. The van der Waals surface area contributed by atoms with Gasteiger partial charge in [0.15, 0.2) is 5.78 Å². The standard InChI is InChI=1S/C19H31IO4/c1-3-5-6-7-8-11-15-17(21)14-16(20)19(15)24-13-10-9-12-18(22)23-4-2/h14-15,19H,3-13H2,1-2H3/t15-,19-/m0/s1. The van der Waals surface area contributed by atoms with Crippen LogP contribution in [-0.2, 0) is 19.1 Å². The van der Waals surface area contributed by atoms with Crippen molar-refractivity contribution in [2.45, 2.75) is 77.7 Å². The summed E-state index contributed by atoms with van der Waals surface area (Å²) in [6, 6.07) is 0. The molecule has 1 aliphatic carbocycles. The minimum atomic E-state index is -0.145. The lowest BCUT2D eigenvalue weighted by Crippen LogP contribution is -2.25. The molecule has 138 valence electrons. The number of allylic oxidation sites excluding steroid dienone is 1. The molecule has 0 aromatic heterocycles. The van der Waals surface area contributed by atoms with Crippen molar-refractivity contribution in [2.75, 3.05) is 13.2 Å². The number of hydrogen-bond acceptors (Lipinski definition) is 4. The topological polar surface area (TPSA) is 52.6 Å². The van der Waals surface area contributed by atoms with E-state index < -0.39 is 0 Å². The summed E-state index contributed by atoms with van der Waals surface area (Å²) in [5, 5.41) is 0. The summed E-state index contributed by atoms with van der Waals surface area (Å²) in [6.45, 7) is 5.04. The third-order valence-corrected chi connectivity index (χ3v) is 5.20. The highest BCUT2D eigenvalue weighted by Crippen LogP contribution is 2.33. The molecule has 1 rings (SSSR count). The Morgan fingerprint density at radius 2 is 1.88 bits per heavy atom. The predicted molar refractivity (Wildman–Crippen MR) is 104 cm³/mol. The number of rotatable bonds is 13. The summed E-state index contributed by atoms with van der Waals surface area (Å²) in [5.41, 5.74) is 0. The lowest BCUT2D eigenvalue weighted by molar-refractivity contribution is -0.143. The number of carbonyl (C=O) groups excluding carboxylic acids is 2. The Kier molecular flexibility index (Phi) is 11.6. The number of unbranched alkanes of at least 4 members (excludes halogenated alkanes) is 5. The molecule has 1 aliphatic rings. The van der Waals surface area contributed by atoms with Crippen molar-refractivity contribution in [3.8, 4) is 0 Å². The van der Waals surface area contributed by atoms with Crippen molar-refractivity contribution in [3.63, 3.8) is 0 Å². The maximum Gasteiger partial charge on any atom is 0.305 e. The van der Waals surface area contributed by atoms with E-state index >= 15 is 0 Å². The van der Waals surface area contributed by atoms with E-state index in [1.807, 2.05) is 6.92 Å². The Balaban J connectivity index is 2.26. The fraction of sp³-hybridized carbons (Fsp3) is 0.789. The molecule has 0 N–H and O–H groups in total. The van der Waals surface area contributed by atoms with Gasteiger partial charge in [0.2, 0.25) is 0 Å². The van der Waals surface area contributed by atoms with Gasteiger partial charge in [-0.1, -0.05) is 39.0 Å². The van der Waals surface area contributed by atoms with Gasteiger partial charge in [0.05, 0.1) is 18.6 Å². The van der Waals surface area contributed by atoms with Crippen LogP contribution in [0.25, 0.3) is 0 Å². The number of carbonyl (C=O) groups is 2. The summed E-state index contributed by atoms with van der Waals surface area (Å²) in [4.78, 5) is 23.4. The molecule has 0 heterocycles. The first-order valence-electron chi connectivity index (χ1n) is 9.28. The first-order valence-corrected chi connectivity index (χ1v) is 10.4. The van der Waals surface area contributed by atoms with Gasteiger partial charge in [-0.05, 0) is 54.9 Å². The molecule has 0 aliphatic heterocycles. The van der Waals surface area contributed by atoms with Crippen LogP contribution in [0.1, 0.15) is 71.6 Å². The molecule has 0 bridgehead atoms. The van der Waals surface area contributed by atoms with Crippen molar-refractivity contribution in [3.05, 3.63) is 9.66 Å². The summed E-state index contributed by atoms with van der Waals surface area (Å²) in [7, 11) is 0. The largest absolute Gasteiger partial charge is 0.466 e. The fourth-order valence-corrected chi connectivity index (χ4v) is 3.86. The highest BCUT2D eigenvalue weighted by atomic mass is 127. The minimum absolute atomic E-state index is 0.0106. The van der Waals surface area contributed by atoms with Crippen LogP contribution in [0.4, 0.5) is 0 Å². The van der Waals surface area contributed by atoms with Gasteiger partial charge in [-0.3, -0.25) is 9.59 Å². The molecule has 24 heavy (non-hydrogen) atoms. The van der Waals surface area contributed by atoms with E-state index in [2.05, 4.69) is 29.5 Å². The van der Waals surface area contributed by atoms with E-state index in [1.165, 1.54) is 25.7 Å². The molecule has 5 heteroatoms. The molecule has 0 spiro atoms. The Bertz CT molecular complexity index is 420. The quantitative estimate of drug-likeness (QED) is 0.226. The SMILES string of the molecule is CCCCCCC[C@H]1C(=O)C=C(I)[C@H]1OCCCCC(=O)OCC. The Morgan fingerprint density at radius 1 is 1.12 bits per heavy atom. The Labute approximate surface area is 159 Å². The van der Waals surface area contributed by atoms with Gasteiger partial charge >= 0.3 is 5.97 Å². The zero-order valence-corrected chi connectivity index (χ0v) is 17.2. The van der Waals surface area contributed by atoms with E-state index in [9.17, 15) is 9.59 Å². The highest BCUT2D eigenvalue weighted by molar-refractivity contribution is 14.1. The molecular weight excluding hydrogens is 419 g/mol. The van der Waals surface area contributed by atoms with Crippen molar-refractivity contribution < 1.29 is 19.1 Å². The number of ketones is 1. The van der Waals surface area contributed by atoms with E-state index in [0.29, 0.717) is 19.6 Å². The maximum atomic E-state index is 12.1. The normalized spacial score (nSPS) is 20.3. The Morgan fingerprint density at radius 3 is 2.58 bits per heavy atom. The van der Waals surface area contributed by atoms with Crippen molar-refractivity contribution in [2.24, 2.45) is 5.92 Å². The molecule has 0 unspecified atom stereocenters. The van der Waals surface area contributed by atoms with Crippen LogP contribution < -0.4 is 0 Å². The summed E-state index contributed by atoms with van der Waals surface area (Å²) < 4.78 is 11.9. The lowest BCUT2D eigenvalue weighted by Gasteiger charge is -2.20. The van der Waals surface area contributed by atoms with Gasteiger partial charge < -0.3 is 9.47 Å². The molecule has 0 saturated heterocycles. The van der Waals surface area contributed by atoms with Crippen LogP contribution in [0, 0.1) is 5.92 Å². The van der Waals surface area contributed by atoms with Crippen LogP contribution in [-0.4, -0.2) is 31.1 Å². The maximum absolute atomic E-state index is 12.1. The molecule has 0 aromatic carbocycles. The fourth-order valence-electron chi connectivity index (χ4n) is 2.94. The monoisotopic (exact) mass is 450 g/mol. The van der Waals surface area contributed by atoms with Gasteiger partial charge in [0.1, 0.15) is 0 Å². The van der Waals surface area contributed by atoms with Crippen LogP contribution >= 0.6 is 22.6 Å². The van der Waals surface area contributed by atoms with E-state index in [-0.39, 0.29) is 23.8 Å². The van der Waals surface area contributed by atoms with Crippen LogP contribution in [0.5, 0.6) is 0 Å². The van der Waals surface area contributed by atoms with E-state index in [1.54, 1.807) is 6.08 Å². The van der Waals surface area contributed by atoms with Gasteiger partial charge in [0.25, 0.3) is 0 Å². The average molecular weight is 450 g/mol. The second-order valence-corrected chi connectivity index (χ2v) is 7.54. The molecular formula is C19H31IO4. The first kappa shape index (κ1) is 21.6. The lowest BCUT2D eigenvalue weighted by atomic mass is 9.95. The smallest absolute Gasteiger partial charge is 0.305 e. The summed E-state index contributed by atoms with van der Waals surface area (Å²) >= 11 is 2.22. The summed E-state index contributed by atoms with van der Waals surface area (Å²) in [6.07, 6.45) is 10.6. The molecule has 2 atom stereocenters. The second kappa shape index (κ2) is 12.9. The highest BCUT2D eigenvalue weighted by Gasteiger charge is 2.35. The van der Waals surface area contributed by atoms with Crippen molar-refractivity contribution in [1.82, 2.24) is 0 Å². The van der Waals surface area contributed by atoms with Gasteiger partial charge in [-0.25, -0.2) is 0 Å². The number of halogens is 1. The van der Waals surface area contributed by atoms with Crippen LogP contribution in [0.15, 0.2) is 9.66 Å². The van der Waals surface area contributed by atoms with Gasteiger partial charge in [0, 0.05) is 16.6 Å². The third kappa shape index (κ3) is 8.10. The zero-order chi connectivity index (χ0) is 17.8. The van der Waals surface area contributed by atoms with E-state index in [4.69, 9.17) is 9.47 Å². The second-order valence-electron chi connectivity index (χ2n) is 6.29. The molecule has 0 saturated carbocycles. The molecule has 0 aromatic rings. The number of esters is 1. The molecule has 0 radical (unpaired) electrons.